The highest BCUT2D eigenvalue weighted by molar-refractivity contribution is 6.31. The standard InChI is InChI=1S/C19H20ClF2N5O4/c1-18(2)30-13-10(6-28)29-17(14(13)31-18)27-8-24-11-12(26-4-3-19(21,22)7-26)9(5-23)15(20)25-16(11)27/h8,10,13-14,17,28H,3-4,6-7H2,1-2H3/t10-,13-,14-,17-/m1/s1. The fraction of sp³-hybridized carbons (Fsp3) is 0.632. The number of rotatable bonds is 3. The number of aliphatic hydroxyl groups is 1. The number of nitriles is 1. The van der Waals surface area contributed by atoms with Gasteiger partial charge in [0.15, 0.2) is 22.8 Å². The van der Waals surface area contributed by atoms with Gasteiger partial charge in [0, 0.05) is 13.0 Å². The van der Waals surface area contributed by atoms with E-state index in [2.05, 4.69) is 9.97 Å². The summed E-state index contributed by atoms with van der Waals surface area (Å²) in [6, 6.07) is 1.96. The maximum absolute atomic E-state index is 13.9. The quantitative estimate of drug-likeness (QED) is 0.702. The molecule has 3 aliphatic heterocycles. The Labute approximate surface area is 181 Å². The number of anilines is 1. The van der Waals surface area contributed by atoms with Gasteiger partial charge >= 0.3 is 0 Å². The molecule has 0 saturated carbocycles. The average Bonchev–Trinajstić information content (AvgIpc) is 3.42. The topological polar surface area (TPSA) is 106 Å². The van der Waals surface area contributed by atoms with E-state index in [0.717, 1.165) is 0 Å². The Kier molecular flexibility index (Phi) is 4.66. The van der Waals surface area contributed by atoms with Crippen LogP contribution in [0.25, 0.3) is 11.2 Å². The van der Waals surface area contributed by atoms with Gasteiger partial charge in [-0.05, 0) is 13.8 Å². The molecule has 31 heavy (non-hydrogen) atoms. The van der Waals surface area contributed by atoms with Gasteiger partial charge in [-0.1, -0.05) is 11.6 Å². The Morgan fingerprint density at radius 3 is 2.74 bits per heavy atom. The lowest BCUT2D eigenvalue weighted by atomic mass is 10.1. The van der Waals surface area contributed by atoms with Crippen molar-refractivity contribution in [1.29, 1.82) is 5.26 Å². The van der Waals surface area contributed by atoms with Crippen LogP contribution in [0.1, 0.15) is 32.1 Å². The molecular weight excluding hydrogens is 436 g/mol. The van der Waals surface area contributed by atoms with E-state index in [4.69, 9.17) is 25.8 Å². The molecule has 2 aromatic heterocycles. The molecule has 0 amide bonds. The SMILES string of the molecule is CC1(C)O[C@@H]2[C@H](O1)[C@@H](CO)O[C@H]2n1cnc2c(N3CCC(F)(F)C3)c(C#N)c(Cl)nc21. The Bertz CT molecular complexity index is 1090. The van der Waals surface area contributed by atoms with Crippen LogP contribution in [-0.2, 0) is 14.2 Å². The summed E-state index contributed by atoms with van der Waals surface area (Å²) >= 11 is 6.28. The molecule has 2 aromatic rings. The maximum atomic E-state index is 13.9. The third kappa shape index (κ3) is 3.25. The zero-order chi connectivity index (χ0) is 22.1. The molecule has 0 spiro atoms. The van der Waals surface area contributed by atoms with Crippen LogP contribution < -0.4 is 4.90 Å². The Balaban J connectivity index is 1.62. The second-order valence-corrected chi connectivity index (χ2v) is 8.76. The fourth-order valence-corrected chi connectivity index (χ4v) is 4.76. The summed E-state index contributed by atoms with van der Waals surface area (Å²) in [5.74, 6) is -3.74. The van der Waals surface area contributed by atoms with Gasteiger partial charge in [0.2, 0.25) is 0 Å². The lowest BCUT2D eigenvalue weighted by Crippen LogP contribution is -2.31. The number of halogens is 3. The molecule has 5 heterocycles. The first-order valence-electron chi connectivity index (χ1n) is 9.85. The van der Waals surface area contributed by atoms with E-state index >= 15 is 0 Å². The highest BCUT2D eigenvalue weighted by Gasteiger charge is 2.56. The highest BCUT2D eigenvalue weighted by atomic mass is 35.5. The number of alkyl halides is 2. The van der Waals surface area contributed by atoms with E-state index in [1.165, 1.54) is 11.2 Å². The summed E-state index contributed by atoms with van der Waals surface area (Å²) in [5, 5.41) is 19.2. The second-order valence-electron chi connectivity index (χ2n) is 8.40. The van der Waals surface area contributed by atoms with Gasteiger partial charge < -0.3 is 24.2 Å². The molecule has 3 fully saturated rings. The molecule has 9 nitrogen and oxygen atoms in total. The summed E-state index contributed by atoms with van der Waals surface area (Å²) < 4.78 is 47.2. The number of aliphatic hydroxyl groups excluding tert-OH is 1. The monoisotopic (exact) mass is 455 g/mol. The van der Waals surface area contributed by atoms with Crippen molar-refractivity contribution in [1.82, 2.24) is 14.5 Å². The normalized spacial score (nSPS) is 31.3. The van der Waals surface area contributed by atoms with Crippen molar-refractivity contribution in [2.75, 3.05) is 24.6 Å². The van der Waals surface area contributed by atoms with E-state index in [0.29, 0.717) is 0 Å². The second kappa shape index (κ2) is 6.95. The van der Waals surface area contributed by atoms with Crippen LogP contribution in [0.3, 0.4) is 0 Å². The predicted molar refractivity (Wildman–Crippen MR) is 104 cm³/mol. The molecule has 4 atom stereocenters. The first-order chi connectivity index (χ1) is 14.6. The van der Waals surface area contributed by atoms with E-state index < -0.39 is 42.8 Å². The number of fused-ring (bicyclic) bond motifs is 2. The van der Waals surface area contributed by atoms with Gasteiger partial charge in [0.25, 0.3) is 5.92 Å². The van der Waals surface area contributed by atoms with Crippen LogP contribution in [-0.4, -0.2) is 69.4 Å². The minimum atomic E-state index is -2.87. The van der Waals surface area contributed by atoms with Gasteiger partial charge in [-0.3, -0.25) is 4.57 Å². The number of pyridine rings is 1. The van der Waals surface area contributed by atoms with Crippen LogP contribution in [0.5, 0.6) is 0 Å². The number of aromatic nitrogens is 3. The van der Waals surface area contributed by atoms with Crippen LogP contribution in [0.15, 0.2) is 6.33 Å². The van der Waals surface area contributed by atoms with Gasteiger partial charge in [0.05, 0.1) is 25.2 Å². The summed E-state index contributed by atoms with van der Waals surface area (Å²) in [5.41, 5.74) is 0.761. The third-order valence-electron chi connectivity index (χ3n) is 5.82. The molecule has 0 unspecified atom stereocenters. The summed E-state index contributed by atoms with van der Waals surface area (Å²) in [6.07, 6.45) is -1.30. The van der Waals surface area contributed by atoms with Gasteiger partial charge in [-0.25, -0.2) is 18.7 Å². The van der Waals surface area contributed by atoms with Gasteiger partial charge in [-0.15, -0.1) is 0 Å². The van der Waals surface area contributed by atoms with Gasteiger partial charge in [0.1, 0.15) is 35.5 Å². The Morgan fingerprint density at radius 1 is 1.35 bits per heavy atom. The number of hydrogen-bond donors (Lipinski definition) is 1. The zero-order valence-electron chi connectivity index (χ0n) is 16.8. The number of ether oxygens (including phenoxy) is 3. The van der Waals surface area contributed by atoms with Crippen molar-refractivity contribution in [3.8, 4) is 6.07 Å². The van der Waals surface area contributed by atoms with Crippen molar-refractivity contribution < 1.29 is 28.1 Å². The molecule has 5 rings (SSSR count). The van der Waals surface area contributed by atoms with Crippen molar-refractivity contribution in [2.24, 2.45) is 0 Å². The molecule has 0 aliphatic carbocycles. The lowest BCUT2D eigenvalue weighted by molar-refractivity contribution is -0.199. The van der Waals surface area contributed by atoms with Crippen molar-refractivity contribution in [2.45, 2.75) is 56.5 Å². The number of hydrogen-bond acceptors (Lipinski definition) is 8. The first kappa shape index (κ1) is 20.8. The van der Waals surface area contributed by atoms with Gasteiger partial charge in [-0.2, -0.15) is 5.26 Å². The number of nitrogens with zero attached hydrogens (tertiary/aromatic N) is 5. The number of imidazole rings is 1. The first-order valence-corrected chi connectivity index (χ1v) is 10.2. The minimum Gasteiger partial charge on any atom is -0.394 e. The van der Waals surface area contributed by atoms with E-state index in [-0.39, 0.29) is 47.1 Å². The summed E-state index contributed by atoms with van der Waals surface area (Å²) in [7, 11) is 0. The molecule has 12 heteroatoms. The van der Waals surface area contributed by atoms with Crippen LogP contribution in [0.2, 0.25) is 5.15 Å². The predicted octanol–water partition coefficient (Wildman–Crippen LogP) is 2.21. The Hall–Kier alpha value is -2.10. The molecule has 0 bridgehead atoms. The van der Waals surface area contributed by atoms with Crippen LogP contribution in [0, 0.1) is 11.3 Å². The molecular formula is C19H20ClF2N5O4. The lowest BCUT2D eigenvalue weighted by Gasteiger charge is -2.24. The molecule has 0 radical (unpaired) electrons. The third-order valence-corrected chi connectivity index (χ3v) is 6.09. The molecule has 3 aliphatic rings. The van der Waals surface area contributed by atoms with Crippen molar-refractivity contribution in [3.05, 3.63) is 17.0 Å². The fourth-order valence-electron chi connectivity index (χ4n) is 4.55. The molecule has 0 aromatic carbocycles. The van der Waals surface area contributed by atoms with E-state index in [9.17, 15) is 19.1 Å². The Morgan fingerprint density at radius 2 is 2.10 bits per heavy atom. The molecule has 166 valence electrons. The molecule has 3 saturated heterocycles. The van der Waals surface area contributed by atoms with E-state index in [1.54, 1.807) is 18.4 Å². The average molecular weight is 456 g/mol. The van der Waals surface area contributed by atoms with Crippen LogP contribution in [0.4, 0.5) is 14.5 Å². The minimum absolute atomic E-state index is 0.00264. The largest absolute Gasteiger partial charge is 0.394 e. The zero-order valence-corrected chi connectivity index (χ0v) is 17.5. The van der Waals surface area contributed by atoms with Crippen molar-refractivity contribution in [3.63, 3.8) is 0 Å². The summed E-state index contributed by atoms with van der Waals surface area (Å²) in [4.78, 5) is 10.1. The smallest absolute Gasteiger partial charge is 0.266 e. The van der Waals surface area contributed by atoms with Crippen molar-refractivity contribution >= 4 is 28.5 Å². The maximum Gasteiger partial charge on any atom is 0.266 e. The highest BCUT2D eigenvalue weighted by Crippen LogP contribution is 2.45. The summed E-state index contributed by atoms with van der Waals surface area (Å²) in [6.45, 7) is 2.79. The molecule has 1 N–H and O–H groups in total. The van der Waals surface area contributed by atoms with E-state index in [1.807, 2.05) is 6.07 Å². The van der Waals surface area contributed by atoms with Crippen LogP contribution >= 0.6 is 11.6 Å².